The SMILES string of the molecule is Cc1nn(-c2ccncc2)c2ccc(C(=O)O)cc12. The van der Waals surface area contributed by atoms with Crippen LogP contribution < -0.4 is 0 Å². The van der Waals surface area contributed by atoms with Crippen molar-refractivity contribution in [2.24, 2.45) is 0 Å². The van der Waals surface area contributed by atoms with Crippen molar-refractivity contribution in [2.45, 2.75) is 6.92 Å². The van der Waals surface area contributed by atoms with Crippen molar-refractivity contribution in [3.05, 3.63) is 54.0 Å². The number of nitrogens with zero attached hydrogens (tertiary/aromatic N) is 3. The minimum atomic E-state index is -0.932. The van der Waals surface area contributed by atoms with Gasteiger partial charge in [-0.05, 0) is 37.3 Å². The number of benzene rings is 1. The fraction of sp³-hybridized carbons (Fsp3) is 0.0714. The first-order chi connectivity index (χ1) is 9.16. The molecule has 0 aliphatic carbocycles. The van der Waals surface area contributed by atoms with Gasteiger partial charge in [0.05, 0.1) is 22.5 Å². The summed E-state index contributed by atoms with van der Waals surface area (Å²) < 4.78 is 1.79. The van der Waals surface area contributed by atoms with Crippen LogP contribution in [0, 0.1) is 6.92 Å². The summed E-state index contributed by atoms with van der Waals surface area (Å²) in [5, 5.41) is 14.3. The van der Waals surface area contributed by atoms with Gasteiger partial charge in [0.1, 0.15) is 0 Å². The molecule has 94 valence electrons. The maximum absolute atomic E-state index is 11.0. The molecule has 0 fully saturated rings. The van der Waals surface area contributed by atoms with E-state index in [1.54, 1.807) is 35.3 Å². The van der Waals surface area contributed by atoms with Gasteiger partial charge in [-0.1, -0.05) is 0 Å². The zero-order valence-electron chi connectivity index (χ0n) is 10.2. The van der Waals surface area contributed by atoms with E-state index in [0.29, 0.717) is 0 Å². The maximum Gasteiger partial charge on any atom is 0.335 e. The average molecular weight is 253 g/mol. The molecule has 0 bridgehead atoms. The first kappa shape index (κ1) is 11.4. The minimum absolute atomic E-state index is 0.268. The van der Waals surface area contributed by atoms with Crippen LogP contribution in [0.3, 0.4) is 0 Å². The van der Waals surface area contributed by atoms with E-state index in [1.807, 2.05) is 19.1 Å². The Morgan fingerprint density at radius 2 is 1.95 bits per heavy atom. The second-order valence-corrected chi connectivity index (χ2v) is 4.24. The van der Waals surface area contributed by atoms with Gasteiger partial charge >= 0.3 is 5.97 Å². The molecule has 0 aliphatic rings. The number of rotatable bonds is 2. The fourth-order valence-corrected chi connectivity index (χ4v) is 2.08. The molecule has 1 aromatic carbocycles. The molecule has 0 radical (unpaired) electrons. The molecule has 3 rings (SSSR count). The van der Waals surface area contributed by atoms with Gasteiger partial charge in [-0.25, -0.2) is 9.48 Å². The molecule has 5 heteroatoms. The first-order valence-corrected chi connectivity index (χ1v) is 5.80. The molecule has 1 N–H and O–H groups in total. The quantitative estimate of drug-likeness (QED) is 0.761. The Labute approximate surface area is 109 Å². The number of aromatic carboxylic acids is 1. The van der Waals surface area contributed by atoms with Gasteiger partial charge in [-0.2, -0.15) is 5.10 Å². The molecule has 0 aliphatic heterocycles. The van der Waals surface area contributed by atoms with Crippen LogP contribution in [-0.4, -0.2) is 25.8 Å². The summed E-state index contributed by atoms with van der Waals surface area (Å²) in [5.41, 5.74) is 2.85. The molecular weight excluding hydrogens is 242 g/mol. The summed E-state index contributed by atoms with van der Waals surface area (Å²) in [6.07, 6.45) is 3.40. The van der Waals surface area contributed by atoms with Crippen molar-refractivity contribution >= 4 is 16.9 Å². The van der Waals surface area contributed by atoms with Gasteiger partial charge in [0.25, 0.3) is 0 Å². The smallest absolute Gasteiger partial charge is 0.335 e. The summed E-state index contributed by atoms with van der Waals surface area (Å²) >= 11 is 0. The number of fused-ring (bicyclic) bond motifs is 1. The molecule has 0 atom stereocenters. The summed E-state index contributed by atoms with van der Waals surface area (Å²) in [6, 6.07) is 8.73. The highest BCUT2D eigenvalue weighted by atomic mass is 16.4. The lowest BCUT2D eigenvalue weighted by Gasteiger charge is -2.02. The van der Waals surface area contributed by atoms with Crippen LogP contribution >= 0.6 is 0 Å². The number of hydrogen-bond acceptors (Lipinski definition) is 3. The van der Waals surface area contributed by atoms with Crippen molar-refractivity contribution in [2.75, 3.05) is 0 Å². The van der Waals surface area contributed by atoms with Gasteiger partial charge < -0.3 is 5.11 Å². The Kier molecular flexibility index (Phi) is 2.52. The monoisotopic (exact) mass is 253 g/mol. The third-order valence-corrected chi connectivity index (χ3v) is 3.02. The van der Waals surface area contributed by atoms with E-state index in [9.17, 15) is 4.79 Å². The lowest BCUT2D eigenvalue weighted by atomic mass is 10.1. The third-order valence-electron chi connectivity index (χ3n) is 3.02. The van der Waals surface area contributed by atoms with Crippen molar-refractivity contribution in [3.63, 3.8) is 0 Å². The van der Waals surface area contributed by atoms with E-state index >= 15 is 0 Å². The maximum atomic E-state index is 11.0. The van der Waals surface area contributed by atoms with Crippen LogP contribution in [0.25, 0.3) is 16.6 Å². The van der Waals surface area contributed by atoms with Crippen molar-refractivity contribution in [1.29, 1.82) is 0 Å². The zero-order chi connectivity index (χ0) is 13.4. The summed E-state index contributed by atoms with van der Waals surface area (Å²) in [4.78, 5) is 15.0. The highest BCUT2D eigenvalue weighted by molar-refractivity contribution is 5.94. The largest absolute Gasteiger partial charge is 0.478 e. The van der Waals surface area contributed by atoms with Gasteiger partial charge in [0, 0.05) is 17.8 Å². The van der Waals surface area contributed by atoms with E-state index in [1.165, 1.54) is 0 Å². The predicted molar refractivity (Wildman–Crippen MR) is 70.6 cm³/mol. The number of aromatic nitrogens is 3. The highest BCUT2D eigenvalue weighted by Crippen LogP contribution is 2.22. The average Bonchev–Trinajstić information content (AvgIpc) is 2.77. The second-order valence-electron chi connectivity index (χ2n) is 4.24. The van der Waals surface area contributed by atoms with Crippen LogP contribution in [0.2, 0.25) is 0 Å². The van der Waals surface area contributed by atoms with Gasteiger partial charge in [-0.3, -0.25) is 4.98 Å². The first-order valence-electron chi connectivity index (χ1n) is 5.80. The van der Waals surface area contributed by atoms with Crippen LogP contribution in [0.15, 0.2) is 42.7 Å². The van der Waals surface area contributed by atoms with Gasteiger partial charge in [0.2, 0.25) is 0 Å². The molecule has 3 aromatic rings. The molecule has 2 heterocycles. The van der Waals surface area contributed by atoms with Crippen LogP contribution in [-0.2, 0) is 0 Å². The van der Waals surface area contributed by atoms with E-state index in [0.717, 1.165) is 22.3 Å². The standard InChI is InChI=1S/C14H11N3O2/c1-9-12-8-10(14(18)19)2-3-13(12)17(16-9)11-4-6-15-7-5-11/h2-8H,1H3,(H,18,19). The lowest BCUT2D eigenvalue weighted by Crippen LogP contribution is -1.97. The number of carbonyl (C=O) groups is 1. The molecule has 5 nitrogen and oxygen atoms in total. The van der Waals surface area contributed by atoms with E-state index in [-0.39, 0.29) is 5.56 Å². The Balaban J connectivity index is 2.26. The highest BCUT2D eigenvalue weighted by Gasteiger charge is 2.11. The predicted octanol–water partition coefficient (Wildman–Crippen LogP) is 2.43. The molecule has 0 amide bonds. The van der Waals surface area contributed by atoms with E-state index in [4.69, 9.17) is 5.11 Å². The molecule has 2 aromatic heterocycles. The molecule has 0 saturated carbocycles. The number of pyridine rings is 1. The molecule has 0 saturated heterocycles. The normalized spacial score (nSPS) is 10.8. The lowest BCUT2D eigenvalue weighted by molar-refractivity contribution is 0.0697. The summed E-state index contributed by atoms with van der Waals surface area (Å²) in [7, 11) is 0. The minimum Gasteiger partial charge on any atom is -0.478 e. The van der Waals surface area contributed by atoms with E-state index < -0.39 is 5.97 Å². The van der Waals surface area contributed by atoms with Crippen LogP contribution in [0.1, 0.15) is 16.1 Å². The van der Waals surface area contributed by atoms with Crippen LogP contribution in [0.4, 0.5) is 0 Å². The van der Waals surface area contributed by atoms with E-state index in [2.05, 4.69) is 10.1 Å². The Hall–Kier alpha value is -2.69. The van der Waals surface area contributed by atoms with Gasteiger partial charge in [-0.15, -0.1) is 0 Å². The Bertz CT molecular complexity index is 763. The fourth-order valence-electron chi connectivity index (χ4n) is 2.08. The second kappa shape index (κ2) is 4.20. The molecule has 0 unspecified atom stereocenters. The molecule has 0 spiro atoms. The topological polar surface area (TPSA) is 68.0 Å². The Morgan fingerprint density at radius 1 is 1.21 bits per heavy atom. The van der Waals surface area contributed by atoms with Crippen molar-refractivity contribution in [1.82, 2.24) is 14.8 Å². The number of carboxylic acid groups (broad SMARTS) is 1. The number of aryl methyl sites for hydroxylation is 1. The number of hydrogen-bond donors (Lipinski definition) is 1. The Morgan fingerprint density at radius 3 is 2.63 bits per heavy atom. The third kappa shape index (κ3) is 1.85. The summed E-state index contributed by atoms with van der Waals surface area (Å²) in [6.45, 7) is 1.87. The number of carboxylic acids is 1. The van der Waals surface area contributed by atoms with Crippen molar-refractivity contribution in [3.8, 4) is 5.69 Å². The van der Waals surface area contributed by atoms with Crippen LogP contribution in [0.5, 0.6) is 0 Å². The van der Waals surface area contributed by atoms with Gasteiger partial charge in [0.15, 0.2) is 0 Å². The molecular formula is C14H11N3O2. The molecule has 19 heavy (non-hydrogen) atoms. The summed E-state index contributed by atoms with van der Waals surface area (Å²) in [5.74, 6) is -0.932. The van der Waals surface area contributed by atoms with Crippen molar-refractivity contribution < 1.29 is 9.90 Å². The zero-order valence-corrected chi connectivity index (χ0v) is 10.2.